The van der Waals surface area contributed by atoms with Gasteiger partial charge in [-0.15, -0.1) is 0 Å². The molecule has 1 aromatic heterocycles. The average molecular weight is 306 g/mol. The molecule has 0 fully saturated rings. The van der Waals surface area contributed by atoms with Gasteiger partial charge in [0.1, 0.15) is 11.3 Å². The third-order valence-corrected chi connectivity index (χ3v) is 3.25. The lowest BCUT2D eigenvalue weighted by molar-refractivity contribution is 0.610. The van der Waals surface area contributed by atoms with Crippen LogP contribution in [0, 0.1) is 12.7 Å². The third kappa shape index (κ3) is 1.93. The molecule has 0 saturated heterocycles. The molecule has 0 aliphatic rings. The van der Waals surface area contributed by atoms with Crippen LogP contribution in [-0.2, 0) is 0 Å². The summed E-state index contributed by atoms with van der Waals surface area (Å²) in [5.41, 5.74) is 3.17. The normalized spacial score (nSPS) is 11.1. The van der Waals surface area contributed by atoms with E-state index < -0.39 is 0 Å². The van der Waals surface area contributed by atoms with Crippen LogP contribution in [0.3, 0.4) is 0 Å². The zero-order chi connectivity index (χ0) is 12.7. The fourth-order valence-electron chi connectivity index (χ4n) is 1.87. The van der Waals surface area contributed by atoms with Crippen LogP contribution in [0.2, 0.25) is 0 Å². The van der Waals surface area contributed by atoms with Crippen molar-refractivity contribution in [2.24, 2.45) is 0 Å². The van der Waals surface area contributed by atoms with Crippen LogP contribution in [0.4, 0.5) is 4.39 Å². The molecule has 2 nitrogen and oxygen atoms in total. The Kier molecular flexibility index (Phi) is 2.67. The van der Waals surface area contributed by atoms with Crippen LogP contribution in [0.1, 0.15) is 5.56 Å². The first-order valence-corrected chi connectivity index (χ1v) is 6.25. The monoisotopic (exact) mass is 305 g/mol. The summed E-state index contributed by atoms with van der Waals surface area (Å²) in [4.78, 5) is 4.38. The number of rotatable bonds is 1. The van der Waals surface area contributed by atoms with Gasteiger partial charge in [-0.3, -0.25) is 0 Å². The Morgan fingerprint density at radius 3 is 2.83 bits per heavy atom. The zero-order valence-electron chi connectivity index (χ0n) is 9.58. The zero-order valence-corrected chi connectivity index (χ0v) is 11.2. The summed E-state index contributed by atoms with van der Waals surface area (Å²) in [6.07, 6.45) is 0. The smallest absolute Gasteiger partial charge is 0.227 e. The number of hydrogen-bond acceptors (Lipinski definition) is 2. The predicted octanol–water partition coefficient (Wildman–Crippen LogP) is 4.70. The highest BCUT2D eigenvalue weighted by atomic mass is 79.9. The second kappa shape index (κ2) is 4.21. The molecule has 90 valence electrons. The van der Waals surface area contributed by atoms with E-state index in [2.05, 4.69) is 20.9 Å². The molecule has 2 aromatic carbocycles. The maximum atomic E-state index is 13.2. The van der Waals surface area contributed by atoms with Crippen LogP contribution in [-0.4, -0.2) is 4.98 Å². The second-order valence-electron chi connectivity index (χ2n) is 4.12. The maximum absolute atomic E-state index is 13.2. The molecule has 0 amide bonds. The van der Waals surface area contributed by atoms with Gasteiger partial charge in [-0.2, -0.15) is 0 Å². The third-order valence-electron chi connectivity index (χ3n) is 2.66. The van der Waals surface area contributed by atoms with Crippen molar-refractivity contribution in [2.75, 3.05) is 0 Å². The molecule has 18 heavy (non-hydrogen) atoms. The number of fused-ring (bicyclic) bond motifs is 1. The molecule has 0 spiro atoms. The summed E-state index contributed by atoms with van der Waals surface area (Å²) < 4.78 is 19.7. The Bertz CT molecular complexity index is 736. The number of nitrogens with zero attached hydrogens (tertiary/aromatic N) is 1. The summed E-state index contributed by atoms with van der Waals surface area (Å²) >= 11 is 3.44. The van der Waals surface area contributed by atoms with Crippen LogP contribution in [0.15, 0.2) is 45.3 Å². The van der Waals surface area contributed by atoms with E-state index in [1.165, 1.54) is 12.1 Å². The lowest BCUT2D eigenvalue weighted by atomic mass is 10.2. The van der Waals surface area contributed by atoms with Gasteiger partial charge >= 0.3 is 0 Å². The fourth-order valence-corrected chi connectivity index (χ4v) is 2.51. The van der Waals surface area contributed by atoms with Crippen LogP contribution in [0.5, 0.6) is 0 Å². The Balaban J connectivity index is 2.22. The van der Waals surface area contributed by atoms with Crippen molar-refractivity contribution in [2.45, 2.75) is 6.92 Å². The van der Waals surface area contributed by atoms with Gasteiger partial charge in [-0.05, 0) is 58.7 Å². The molecule has 0 unspecified atom stereocenters. The van der Waals surface area contributed by atoms with Crippen molar-refractivity contribution >= 4 is 27.0 Å². The fraction of sp³-hybridized carbons (Fsp3) is 0.0714. The van der Waals surface area contributed by atoms with E-state index in [0.717, 1.165) is 15.6 Å². The largest absolute Gasteiger partial charge is 0.435 e. The SMILES string of the molecule is Cc1cc(Br)c2oc(-c3cccc(F)c3)nc2c1. The first-order chi connectivity index (χ1) is 8.63. The minimum atomic E-state index is -0.301. The number of halogens is 2. The van der Waals surface area contributed by atoms with Crippen LogP contribution in [0.25, 0.3) is 22.6 Å². The lowest BCUT2D eigenvalue weighted by Gasteiger charge is -1.94. The molecule has 0 aliphatic carbocycles. The molecular weight excluding hydrogens is 297 g/mol. The maximum Gasteiger partial charge on any atom is 0.227 e. The van der Waals surface area contributed by atoms with Gasteiger partial charge in [0, 0.05) is 5.56 Å². The lowest BCUT2D eigenvalue weighted by Crippen LogP contribution is -1.79. The van der Waals surface area contributed by atoms with Crippen molar-refractivity contribution in [3.05, 3.63) is 52.3 Å². The average Bonchev–Trinajstić information content (AvgIpc) is 2.73. The highest BCUT2D eigenvalue weighted by molar-refractivity contribution is 9.10. The molecular formula is C14H9BrFNO. The summed E-state index contributed by atoms with van der Waals surface area (Å²) in [5, 5.41) is 0. The topological polar surface area (TPSA) is 26.0 Å². The number of aromatic nitrogens is 1. The molecule has 1 heterocycles. The van der Waals surface area contributed by atoms with E-state index in [1.54, 1.807) is 12.1 Å². The second-order valence-corrected chi connectivity index (χ2v) is 4.98. The molecule has 0 N–H and O–H groups in total. The van der Waals surface area contributed by atoms with Gasteiger partial charge in [-0.1, -0.05) is 6.07 Å². The summed E-state index contributed by atoms with van der Waals surface area (Å²) in [6, 6.07) is 10.1. The van der Waals surface area contributed by atoms with Crippen molar-refractivity contribution < 1.29 is 8.81 Å². The Hall–Kier alpha value is -1.68. The minimum Gasteiger partial charge on any atom is -0.435 e. The van der Waals surface area contributed by atoms with E-state index in [0.29, 0.717) is 17.0 Å². The van der Waals surface area contributed by atoms with Crippen molar-refractivity contribution in [1.82, 2.24) is 4.98 Å². The summed E-state index contributed by atoms with van der Waals surface area (Å²) in [7, 11) is 0. The molecule has 3 rings (SSSR count). The Labute approximate surface area is 112 Å². The van der Waals surface area contributed by atoms with Gasteiger partial charge < -0.3 is 4.42 Å². The van der Waals surface area contributed by atoms with Gasteiger partial charge in [-0.25, -0.2) is 9.37 Å². The van der Waals surface area contributed by atoms with E-state index >= 15 is 0 Å². The minimum absolute atomic E-state index is 0.301. The van der Waals surface area contributed by atoms with E-state index in [-0.39, 0.29) is 5.82 Å². The number of benzene rings is 2. The number of aryl methyl sites for hydroxylation is 1. The van der Waals surface area contributed by atoms with Gasteiger partial charge in [0.25, 0.3) is 0 Å². The number of hydrogen-bond donors (Lipinski definition) is 0. The summed E-state index contributed by atoms with van der Waals surface area (Å²) in [5.74, 6) is 0.126. The van der Waals surface area contributed by atoms with E-state index in [1.807, 2.05) is 19.1 Å². The van der Waals surface area contributed by atoms with Crippen molar-refractivity contribution in [1.29, 1.82) is 0 Å². The van der Waals surface area contributed by atoms with Crippen LogP contribution >= 0.6 is 15.9 Å². The van der Waals surface area contributed by atoms with Gasteiger partial charge in [0.2, 0.25) is 5.89 Å². The molecule has 0 saturated carbocycles. The molecule has 0 atom stereocenters. The van der Waals surface area contributed by atoms with Crippen LogP contribution < -0.4 is 0 Å². The summed E-state index contributed by atoms with van der Waals surface area (Å²) in [6.45, 7) is 1.99. The van der Waals surface area contributed by atoms with Gasteiger partial charge in [0.05, 0.1) is 4.47 Å². The van der Waals surface area contributed by atoms with E-state index in [9.17, 15) is 4.39 Å². The first kappa shape index (κ1) is 11.4. The Morgan fingerprint density at radius 2 is 2.06 bits per heavy atom. The van der Waals surface area contributed by atoms with Crippen molar-refractivity contribution in [3.8, 4) is 11.5 Å². The van der Waals surface area contributed by atoms with Gasteiger partial charge in [0.15, 0.2) is 5.58 Å². The molecule has 0 bridgehead atoms. The quantitative estimate of drug-likeness (QED) is 0.651. The standard InChI is InChI=1S/C14H9BrFNO/c1-8-5-11(15)13-12(6-8)17-14(18-13)9-3-2-4-10(16)7-9/h2-7H,1H3. The highest BCUT2D eigenvalue weighted by Crippen LogP contribution is 2.30. The molecule has 0 aliphatic heterocycles. The van der Waals surface area contributed by atoms with E-state index in [4.69, 9.17) is 4.42 Å². The predicted molar refractivity (Wildman–Crippen MR) is 71.8 cm³/mol. The first-order valence-electron chi connectivity index (χ1n) is 5.46. The molecule has 3 aromatic rings. The molecule has 4 heteroatoms. The number of oxazole rings is 1. The Morgan fingerprint density at radius 1 is 1.22 bits per heavy atom. The van der Waals surface area contributed by atoms with Crippen molar-refractivity contribution in [3.63, 3.8) is 0 Å². The molecule has 0 radical (unpaired) electrons. The highest BCUT2D eigenvalue weighted by Gasteiger charge is 2.11.